The molecule has 0 bridgehead atoms. The van der Waals surface area contributed by atoms with Crippen LogP contribution in [0.5, 0.6) is 0 Å². The van der Waals surface area contributed by atoms with Crippen molar-refractivity contribution in [3.05, 3.63) is 53.7 Å². The number of hydrogen-bond donors (Lipinski definition) is 0. The molecular weight excluding hydrogens is 186 g/mol. The number of aldehydes is 1. The normalized spacial score (nSPS) is 9.93. The van der Waals surface area contributed by atoms with Crippen molar-refractivity contribution in [2.45, 2.75) is 6.92 Å². The first kappa shape index (κ1) is 9.59. The molecule has 0 aliphatic rings. The number of nitrogens with zero attached hydrogens (tertiary/aromatic N) is 1. The fourth-order valence-corrected chi connectivity index (χ4v) is 1.43. The minimum atomic E-state index is 0.686. The van der Waals surface area contributed by atoms with Gasteiger partial charge in [-0.3, -0.25) is 9.78 Å². The van der Waals surface area contributed by atoms with Gasteiger partial charge in [-0.15, -0.1) is 0 Å². The van der Waals surface area contributed by atoms with Crippen LogP contribution in [-0.2, 0) is 0 Å². The number of benzene rings is 1. The molecule has 0 fully saturated rings. The fraction of sp³-hybridized carbons (Fsp3) is 0.0769. The first-order chi connectivity index (χ1) is 7.29. The second kappa shape index (κ2) is 4.05. The average molecular weight is 197 g/mol. The highest BCUT2D eigenvalue weighted by Gasteiger charge is 1.98. The zero-order valence-electron chi connectivity index (χ0n) is 8.47. The van der Waals surface area contributed by atoms with Gasteiger partial charge in [-0.2, -0.15) is 0 Å². The second-order valence-corrected chi connectivity index (χ2v) is 3.46. The van der Waals surface area contributed by atoms with E-state index in [9.17, 15) is 4.79 Å². The average Bonchev–Trinajstić information content (AvgIpc) is 2.29. The Morgan fingerprint density at radius 1 is 1.13 bits per heavy atom. The van der Waals surface area contributed by atoms with E-state index in [0.29, 0.717) is 5.56 Å². The molecule has 0 unspecified atom stereocenters. The maximum absolute atomic E-state index is 10.5. The van der Waals surface area contributed by atoms with E-state index in [1.165, 1.54) is 5.56 Å². The molecule has 2 rings (SSSR count). The summed E-state index contributed by atoms with van der Waals surface area (Å²) < 4.78 is 0. The van der Waals surface area contributed by atoms with Crippen molar-refractivity contribution in [3.8, 4) is 11.3 Å². The van der Waals surface area contributed by atoms with Crippen LogP contribution in [0.15, 0.2) is 42.6 Å². The molecule has 15 heavy (non-hydrogen) atoms. The lowest BCUT2D eigenvalue weighted by Crippen LogP contribution is -1.85. The molecule has 74 valence electrons. The summed E-state index contributed by atoms with van der Waals surface area (Å²) >= 11 is 0. The molecule has 1 aromatic carbocycles. The lowest BCUT2D eigenvalue weighted by molar-refractivity contribution is 0.112. The molecule has 0 aliphatic carbocycles. The molecule has 0 saturated carbocycles. The molecule has 2 nitrogen and oxygen atoms in total. The molecular formula is C13H11NO. The van der Waals surface area contributed by atoms with E-state index in [0.717, 1.165) is 17.5 Å². The van der Waals surface area contributed by atoms with Crippen LogP contribution in [0.4, 0.5) is 0 Å². The molecule has 0 radical (unpaired) electrons. The van der Waals surface area contributed by atoms with Crippen molar-refractivity contribution >= 4 is 6.29 Å². The number of pyridine rings is 1. The van der Waals surface area contributed by atoms with E-state index in [1.807, 2.05) is 31.2 Å². The lowest BCUT2D eigenvalue weighted by atomic mass is 10.1. The van der Waals surface area contributed by atoms with Crippen LogP contribution in [0, 0.1) is 6.92 Å². The van der Waals surface area contributed by atoms with Gasteiger partial charge in [0.1, 0.15) is 6.29 Å². The Morgan fingerprint density at radius 3 is 2.47 bits per heavy atom. The van der Waals surface area contributed by atoms with Crippen molar-refractivity contribution in [2.24, 2.45) is 0 Å². The maximum Gasteiger partial charge on any atom is 0.150 e. The van der Waals surface area contributed by atoms with E-state index in [1.54, 1.807) is 18.3 Å². The van der Waals surface area contributed by atoms with Crippen molar-refractivity contribution in [1.82, 2.24) is 4.98 Å². The highest BCUT2D eigenvalue weighted by Crippen LogP contribution is 2.17. The van der Waals surface area contributed by atoms with E-state index in [4.69, 9.17) is 0 Å². The summed E-state index contributed by atoms with van der Waals surface area (Å²) in [6.07, 6.45) is 2.63. The summed E-state index contributed by atoms with van der Waals surface area (Å²) in [4.78, 5) is 14.8. The van der Waals surface area contributed by atoms with Crippen LogP contribution in [0.1, 0.15) is 15.9 Å². The molecule has 0 spiro atoms. The number of hydrogen-bond acceptors (Lipinski definition) is 2. The highest BCUT2D eigenvalue weighted by atomic mass is 16.1. The Bertz CT molecular complexity index is 474. The second-order valence-electron chi connectivity index (χ2n) is 3.46. The summed E-state index contributed by atoms with van der Waals surface area (Å²) in [6.45, 7) is 2.03. The van der Waals surface area contributed by atoms with Gasteiger partial charge in [-0.25, -0.2) is 0 Å². The Hall–Kier alpha value is -1.96. The largest absolute Gasteiger partial charge is 0.298 e. The third-order valence-electron chi connectivity index (χ3n) is 2.26. The van der Waals surface area contributed by atoms with Gasteiger partial charge in [-0.1, -0.05) is 24.3 Å². The minimum Gasteiger partial charge on any atom is -0.298 e. The summed E-state index contributed by atoms with van der Waals surface area (Å²) in [7, 11) is 0. The number of aromatic nitrogens is 1. The first-order valence-electron chi connectivity index (χ1n) is 4.78. The SMILES string of the molecule is Cc1ccnc(-c2ccc(C=O)cc2)c1. The zero-order chi connectivity index (χ0) is 10.7. The van der Waals surface area contributed by atoms with E-state index < -0.39 is 0 Å². The van der Waals surface area contributed by atoms with Gasteiger partial charge in [0.25, 0.3) is 0 Å². The molecule has 1 aromatic heterocycles. The van der Waals surface area contributed by atoms with Gasteiger partial charge in [0, 0.05) is 17.3 Å². The Labute approximate surface area is 88.6 Å². The standard InChI is InChI=1S/C13H11NO/c1-10-6-7-14-13(8-10)12-4-2-11(9-15)3-5-12/h2-9H,1H3. The van der Waals surface area contributed by atoms with Crippen LogP contribution in [0.3, 0.4) is 0 Å². The summed E-state index contributed by atoms with van der Waals surface area (Å²) in [5.74, 6) is 0. The van der Waals surface area contributed by atoms with E-state index in [2.05, 4.69) is 4.98 Å². The first-order valence-corrected chi connectivity index (χ1v) is 4.78. The summed E-state index contributed by atoms with van der Waals surface area (Å²) in [5.41, 5.74) is 3.84. The third kappa shape index (κ3) is 2.10. The summed E-state index contributed by atoms with van der Waals surface area (Å²) in [6, 6.07) is 11.4. The number of aryl methyl sites for hydroxylation is 1. The molecule has 0 saturated heterocycles. The van der Waals surface area contributed by atoms with Crippen LogP contribution in [-0.4, -0.2) is 11.3 Å². The van der Waals surface area contributed by atoms with Gasteiger partial charge in [-0.05, 0) is 24.6 Å². The zero-order valence-corrected chi connectivity index (χ0v) is 8.47. The Kier molecular flexibility index (Phi) is 2.59. The molecule has 0 atom stereocenters. The topological polar surface area (TPSA) is 30.0 Å². The number of carbonyl (C=O) groups is 1. The molecule has 1 heterocycles. The summed E-state index contributed by atoms with van der Waals surface area (Å²) in [5, 5.41) is 0. The van der Waals surface area contributed by atoms with Crippen molar-refractivity contribution in [1.29, 1.82) is 0 Å². The van der Waals surface area contributed by atoms with Gasteiger partial charge in [0.2, 0.25) is 0 Å². The van der Waals surface area contributed by atoms with Gasteiger partial charge in [0.15, 0.2) is 0 Å². The van der Waals surface area contributed by atoms with Crippen molar-refractivity contribution < 1.29 is 4.79 Å². The van der Waals surface area contributed by atoms with Crippen LogP contribution in [0.25, 0.3) is 11.3 Å². The monoisotopic (exact) mass is 197 g/mol. The highest BCUT2D eigenvalue weighted by molar-refractivity contribution is 5.76. The molecule has 2 heteroatoms. The molecule has 0 amide bonds. The molecule has 0 aliphatic heterocycles. The predicted molar refractivity (Wildman–Crippen MR) is 59.8 cm³/mol. The molecule has 0 N–H and O–H groups in total. The third-order valence-corrected chi connectivity index (χ3v) is 2.26. The van der Waals surface area contributed by atoms with Gasteiger partial charge < -0.3 is 0 Å². The Balaban J connectivity index is 2.41. The predicted octanol–water partition coefficient (Wildman–Crippen LogP) is 2.87. The van der Waals surface area contributed by atoms with E-state index >= 15 is 0 Å². The van der Waals surface area contributed by atoms with Gasteiger partial charge in [0.05, 0.1) is 5.69 Å². The Morgan fingerprint density at radius 2 is 1.87 bits per heavy atom. The smallest absolute Gasteiger partial charge is 0.150 e. The minimum absolute atomic E-state index is 0.686. The molecule has 2 aromatic rings. The van der Waals surface area contributed by atoms with Crippen molar-refractivity contribution in [2.75, 3.05) is 0 Å². The quantitative estimate of drug-likeness (QED) is 0.693. The van der Waals surface area contributed by atoms with Crippen LogP contribution < -0.4 is 0 Å². The van der Waals surface area contributed by atoms with E-state index in [-0.39, 0.29) is 0 Å². The number of rotatable bonds is 2. The fourth-order valence-electron chi connectivity index (χ4n) is 1.43. The van der Waals surface area contributed by atoms with Gasteiger partial charge >= 0.3 is 0 Å². The maximum atomic E-state index is 10.5. The lowest BCUT2D eigenvalue weighted by Gasteiger charge is -2.01. The van der Waals surface area contributed by atoms with Crippen molar-refractivity contribution in [3.63, 3.8) is 0 Å². The number of carbonyl (C=O) groups excluding carboxylic acids is 1. The van der Waals surface area contributed by atoms with Crippen LogP contribution >= 0.6 is 0 Å². The van der Waals surface area contributed by atoms with Crippen LogP contribution in [0.2, 0.25) is 0 Å².